The number of ether oxygens (including phenoxy) is 1. The lowest BCUT2D eigenvalue weighted by Crippen LogP contribution is -2.14. The second kappa shape index (κ2) is 7.06. The van der Waals surface area contributed by atoms with E-state index in [9.17, 15) is 0 Å². The molecule has 106 valence electrons. The van der Waals surface area contributed by atoms with E-state index in [0.29, 0.717) is 0 Å². The molecule has 0 saturated heterocycles. The topological polar surface area (TPSA) is 34.1 Å². The summed E-state index contributed by atoms with van der Waals surface area (Å²) >= 11 is 0. The molecule has 0 bridgehead atoms. The predicted molar refractivity (Wildman–Crippen MR) is 81.7 cm³/mol. The Hall–Kier alpha value is -1.87. The van der Waals surface area contributed by atoms with E-state index < -0.39 is 0 Å². The van der Waals surface area contributed by atoms with E-state index >= 15 is 0 Å². The molecule has 1 aromatic carbocycles. The van der Waals surface area contributed by atoms with Crippen molar-refractivity contribution in [1.82, 2.24) is 10.3 Å². The molecule has 3 nitrogen and oxygen atoms in total. The Morgan fingerprint density at radius 3 is 2.45 bits per heavy atom. The Morgan fingerprint density at radius 2 is 1.80 bits per heavy atom. The third-order valence-electron chi connectivity index (χ3n) is 2.88. The number of hydrogen-bond donors (Lipinski definition) is 1. The van der Waals surface area contributed by atoms with Gasteiger partial charge >= 0.3 is 0 Å². The number of aryl methyl sites for hydroxylation is 1. The minimum atomic E-state index is 0.214. The van der Waals surface area contributed by atoms with E-state index in [-0.39, 0.29) is 6.10 Å². The zero-order chi connectivity index (χ0) is 14.4. The van der Waals surface area contributed by atoms with Crippen molar-refractivity contribution in [2.45, 2.75) is 40.0 Å². The summed E-state index contributed by atoms with van der Waals surface area (Å²) in [6.07, 6.45) is 0.214. The molecule has 0 saturated carbocycles. The van der Waals surface area contributed by atoms with Crippen LogP contribution in [-0.2, 0) is 13.1 Å². The first-order chi connectivity index (χ1) is 9.63. The van der Waals surface area contributed by atoms with E-state index in [4.69, 9.17) is 4.74 Å². The summed E-state index contributed by atoms with van der Waals surface area (Å²) in [7, 11) is 0. The monoisotopic (exact) mass is 270 g/mol. The van der Waals surface area contributed by atoms with Crippen molar-refractivity contribution in [3.63, 3.8) is 0 Å². The van der Waals surface area contributed by atoms with Gasteiger partial charge < -0.3 is 10.1 Å². The lowest BCUT2D eigenvalue weighted by atomic mass is 10.2. The third-order valence-corrected chi connectivity index (χ3v) is 2.88. The molecule has 0 radical (unpaired) electrons. The van der Waals surface area contributed by atoms with Crippen LogP contribution in [-0.4, -0.2) is 11.1 Å². The number of benzene rings is 1. The van der Waals surface area contributed by atoms with Gasteiger partial charge in [-0.05, 0) is 50.6 Å². The highest BCUT2D eigenvalue weighted by atomic mass is 16.5. The van der Waals surface area contributed by atoms with Gasteiger partial charge in [0.1, 0.15) is 5.75 Å². The maximum absolute atomic E-state index is 5.63. The van der Waals surface area contributed by atoms with E-state index in [2.05, 4.69) is 22.4 Å². The molecule has 2 rings (SSSR count). The Morgan fingerprint density at radius 1 is 1.05 bits per heavy atom. The van der Waals surface area contributed by atoms with E-state index in [1.807, 2.05) is 51.1 Å². The molecule has 0 aliphatic heterocycles. The normalized spacial score (nSPS) is 10.8. The number of nitrogens with zero attached hydrogens (tertiary/aromatic N) is 1. The number of aromatic nitrogens is 1. The van der Waals surface area contributed by atoms with Crippen molar-refractivity contribution in [1.29, 1.82) is 0 Å². The number of hydrogen-bond acceptors (Lipinski definition) is 3. The summed E-state index contributed by atoms with van der Waals surface area (Å²) in [4.78, 5) is 4.47. The standard InChI is InChI=1S/C17H22N2O/c1-13(2)20-17-9-7-15(8-10-17)11-18-12-16-6-4-5-14(3)19-16/h4-10,13,18H,11-12H2,1-3H3. The zero-order valence-corrected chi connectivity index (χ0v) is 12.4. The molecule has 1 N–H and O–H groups in total. The molecule has 0 spiro atoms. The van der Waals surface area contributed by atoms with Crippen LogP contribution in [0.3, 0.4) is 0 Å². The lowest BCUT2D eigenvalue weighted by Gasteiger charge is -2.10. The first-order valence-electron chi connectivity index (χ1n) is 7.02. The van der Waals surface area contributed by atoms with Gasteiger partial charge in [-0.2, -0.15) is 0 Å². The highest BCUT2D eigenvalue weighted by Crippen LogP contribution is 2.13. The van der Waals surface area contributed by atoms with Crippen LogP contribution in [0.1, 0.15) is 30.8 Å². The van der Waals surface area contributed by atoms with Crippen LogP contribution in [0.15, 0.2) is 42.5 Å². The number of pyridine rings is 1. The fraction of sp³-hybridized carbons (Fsp3) is 0.353. The molecule has 2 aromatic rings. The van der Waals surface area contributed by atoms with Crippen LogP contribution >= 0.6 is 0 Å². The second-order valence-corrected chi connectivity index (χ2v) is 5.18. The minimum Gasteiger partial charge on any atom is -0.491 e. The molecule has 20 heavy (non-hydrogen) atoms. The quantitative estimate of drug-likeness (QED) is 0.872. The number of nitrogens with one attached hydrogen (secondary N) is 1. The molecule has 0 unspecified atom stereocenters. The summed E-state index contributed by atoms with van der Waals surface area (Å²) in [5.74, 6) is 0.920. The second-order valence-electron chi connectivity index (χ2n) is 5.18. The molecule has 0 fully saturated rings. The van der Waals surface area contributed by atoms with E-state index in [0.717, 1.165) is 30.2 Å². The van der Waals surface area contributed by atoms with Crippen molar-refractivity contribution in [2.75, 3.05) is 0 Å². The smallest absolute Gasteiger partial charge is 0.119 e. The van der Waals surface area contributed by atoms with E-state index in [1.165, 1.54) is 5.56 Å². The maximum atomic E-state index is 5.63. The van der Waals surface area contributed by atoms with Gasteiger partial charge in [0, 0.05) is 18.8 Å². The Bertz CT molecular complexity index is 535. The molecular formula is C17H22N2O. The Balaban J connectivity index is 1.82. The van der Waals surface area contributed by atoms with Gasteiger partial charge in [-0.25, -0.2) is 0 Å². The van der Waals surface area contributed by atoms with Crippen LogP contribution in [0.2, 0.25) is 0 Å². The van der Waals surface area contributed by atoms with Crippen LogP contribution in [0.4, 0.5) is 0 Å². The Kier molecular flexibility index (Phi) is 5.13. The van der Waals surface area contributed by atoms with Crippen LogP contribution in [0, 0.1) is 6.92 Å². The highest BCUT2D eigenvalue weighted by molar-refractivity contribution is 5.27. The van der Waals surface area contributed by atoms with Crippen LogP contribution < -0.4 is 10.1 Å². The van der Waals surface area contributed by atoms with Crippen molar-refractivity contribution in [3.05, 3.63) is 59.4 Å². The van der Waals surface area contributed by atoms with Crippen molar-refractivity contribution in [3.8, 4) is 5.75 Å². The van der Waals surface area contributed by atoms with Crippen molar-refractivity contribution < 1.29 is 4.74 Å². The fourth-order valence-electron chi connectivity index (χ4n) is 1.99. The van der Waals surface area contributed by atoms with Crippen LogP contribution in [0.5, 0.6) is 5.75 Å². The maximum Gasteiger partial charge on any atom is 0.119 e. The van der Waals surface area contributed by atoms with Gasteiger partial charge in [0.2, 0.25) is 0 Å². The molecule has 3 heteroatoms. The lowest BCUT2D eigenvalue weighted by molar-refractivity contribution is 0.242. The summed E-state index contributed by atoms with van der Waals surface area (Å²) < 4.78 is 5.63. The fourth-order valence-corrected chi connectivity index (χ4v) is 1.99. The molecule has 1 aromatic heterocycles. The summed E-state index contributed by atoms with van der Waals surface area (Å²) in [5.41, 5.74) is 3.37. The van der Waals surface area contributed by atoms with Gasteiger partial charge in [-0.3, -0.25) is 4.98 Å². The highest BCUT2D eigenvalue weighted by Gasteiger charge is 1.99. The minimum absolute atomic E-state index is 0.214. The van der Waals surface area contributed by atoms with Gasteiger partial charge in [0.25, 0.3) is 0 Å². The molecule has 0 aliphatic carbocycles. The van der Waals surface area contributed by atoms with E-state index in [1.54, 1.807) is 0 Å². The number of rotatable bonds is 6. The molecule has 0 aliphatic rings. The summed E-state index contributed by atoms with van der Waals surface area (Å²) in [6.45, 7) is 7.69. The predicted octanol–water partition coefficient (Wildman–Crippen LogP) is 3.47. The summed E-state index contributed by atoms with van der Waals surface area (Å²) in [5, 5.41) is 3.40. The molecular weight excluding hydrogens is 248 g/mol. The average molecular weight is 270 g/mol. The zero-order valence-electron chi connectivity index (χ0n) is 12.4. The van der Waals surface area contributed by atoms with Crippen molar-refractivity contribution in [2.24, 2.45) is 0 Å². The molecule has 0 amide bonds. The largest absolute Gasteiger partial charge is 0.491 e. The van der Waals surface area contributed by atoms with Crippen molar-refractivity contribution >= 4 is 0 Å². The summed E-state index contributed by atoms with van der Waals surface area (Å²) in [6, 6.07) is 14.3. The van der Waals surface area contributed by atoms with Gasteiger partial charge in [-0.15, -0.1) is 0 Å². The molecule has 0 atom stereocenters. The molecule has 1 heterocycles. The average Bonchev–Trinajstić information content (AvgIpc) is 2.40. The van der Waals surface area contributed by atoms with Crippen LogP contribution in [0.25, 0.3) is 0 Å². The third kappa shape index (κ3) is 4.67. The van der Waals surface area contributed by atoms with Gasteiger partial charge in [0.15, 0.2) is 0 Å². The van der Waals surface area contributed by atoms with Gasteiger partial charge in [0.05, 0.1) is 11.8 Å². The SMILES string of the molecule is Cc1cccc(CNCc2ccc(OC(C)C)cc2)n1. The first-order valence-corrected chi connectivity index (χ1v) is 7.02. The Labute approximate surface area is 121 Å². The first kappa shape index (κ1) is 14.5. The van der Waals surface area contributed by atoms with Gasteiger partial charge in [-0.1, -0.05) is 18.2 Å².